The van der Waals surface area contributed by atoms with Gasteiger partial charge in [0.2, 0.25) is 0 Å². The zero-order valence-corrected chi connectivity index (χ0v) is 11.9. The molecular formula is C12H18N2O4S. The van der Waals surface area contributed by atoms with Gasteiger partial charge in [-0.3, -0.25) is 0 Å². The molecule has 0 spiro atoms. The van der Waals surface area contributed by atoms with Crippen molar-refractivity contribution in [2.75, 3.05) is 7.11 Å². The molecule has 1 aromatic rings. The number of hydrogen-bond acceptors (Lipinski definition) is 4. The van der Waals surface area contributed by atoms with Crippen LogP contribution in [0.5, 0.6) is 0 Å². The highest BCUT2D eigenvalue weighted by atomic mass is 32.2. The molecule has 0 atom stereocenters. The Morgan fingerprint density at radius 3 is 2.58 bits per heavy atom. The van der Waals surface area contributed by atoms with Gasteiger partial charge in [-0.1, -0.05) is 12.8 Å². The maximum absolute atomic E-state index is 12.2. The SMILES string of the molecule is COC(=O)c1ccc(S(=O)(=O)NC2CCCC2)n1C. The average molecular weight is 286 g/mol. The second-order valence-corrected chi connectivity index (χ2v) is 6.37. The minimum Gasteiger partial charge on any atom is -0.464 e. The Hall–Kier alpha value is -1.34. The Morgan fingerprint density at radius 2 is 2.00 bits per heavy atom. The summed E-state index contributed by atoms with van der Waals surface area (Å²) in [6.45, 7) is 0. The summed E-state index contributed by atoms with van der Waals surface area (Å²) in [6.07, 6.45) is 3.84. The maximum atomic E-state index is 12.2. The zero-order valence-electron chi connectivity index (χ0n) is 11.0. The van der Waals surface area contributed by atoms with Crippen LogP contribution < -0.4 is 4.72 Å². The predicted octanol–water partition coefficient (Wildman–Crippen LogP) is 1.03. The monoisotopic (exact) mass is 286 g/mol. The second-order valence-electron chi connectivity index (χ2n) is 4.71. The lowest BCUT2D eigenvalue weighted by Crippen LogP contribution is -2.33. The highest BCUT2D eigenvalue weighted by Crippen LogP contribution is 2.21. The normalized spacial score (nSPS) is 16.7. The molecular weight excluding hydrogens is 268 g/mol. The Kier molecular flexibility index (Phi) is 3.96. The molecule has 0 amide bonds. The van der Waals surface area contributed by atoms with Gasteiger partial charge in [0.15, 0.2) is 5.03 Å². The number of sulfonamides is 1. The van der Waals surface area contributed by atoms with Crippen LogP contribution in [0.3, 0.4) is 0 Å². The number of nitrogens with zero attached hydrogens (tertiary/aromatic N) is 1. The van der Waals surface area contributed by atoms with Gasteiger partial charge in [0.25, 0.3) is 10.0 Å². The lowest BCUT2D eigenvalue weighted by molar-refractivity contribution is 0.0589. The summed E-state index contributed by atoms with van der Waals surface area (Å²) in [5, 5.41) is 0.0831. The largest absolute Gasteiger partial charge is 0.464 e. The van der Waals surface area contributed by atoms with Crippen LogP contribution in [0, 0.1) is 0 Å². The summed E-state index contributed by atoms with van der Waals surface area (Å²) in [5.41, 5.74) is 0.217. The van der Waals surface area contributed by atoms with E-state index >= 15 is 0 Å². The first-order valence-electron chi connectivity index (χ1n) is 6.22. The van der Waals surface area contributed by atoms with Crippen molar-refractivity contribution in [3.63, 3.8) is 0 Å². The van der Waals surface area contributed by atoms with Crippen LogP contribution in [0.25, 0.3) is 0 Å². The van der Waals surface area contributed by atoms with Crippen LogP contribution in [0.15, 0.2) is 17.2 Å². The van der Waals surface area contributed by atoms with E-state index in [1.54, 1.807) is 0 Å². The van der Waals surface area contributed by atoms with Crippen molar-refractivity contribution >= 4 is 16.0 Å². The molecule has 0 aromatic carbocycles. The standard InChI is InChI=1S/C12H18N2O4S/c1-14-10(12(15)18-2)7-8-11(14)19(16,17)13-9-5-3-4-6-9/h7-9,13H,3-6H2,1-2H3. The third kappa shape index (κ3) is 2.82. The fraction of sp³-hybridized carbons (Fsp3) is 0.583. The minimum absolute atomic E-state index is 0.00137. The highest BCUT2D eigenvalue weighted by Gasteiger charge is 2.26. The molecule has 1 N–H and O–H groups in total. The number of aromatic nitrogens is 1. The molecule has 19 heavy (non-hydrogen) atoms. The van der Waals surface area contributed by atoms with E-state index in [2.05, 4.69) is 9.46 Å². The number of esters is 1. The molecule has 1 fully saturated rings. The van der Waals surface area contributed by atoms with E-state index in [0.717, 1.165) is 25.7 Å². The summed E-state index contributed by atoms with van der Waals surface area (Å²) in [7, 11) is -0.789. The molecule has 0 saturated heterocycles. The molecule has 0 bridgehead atoms. The van der Waals surface area contributed by atoms with Gasteiger partial charge in [0.05, 0.1) is 7.11 Å². The third-order valence-corrected chi connectivity index (χ3v) is 5.03. The number of rotatable bonds is 4. The van der Waals surface area contributed by atoms with Crippen molar-refractivity contribution in [2.24, 2.45) is 7.05 Å². The van der Waals surface area contributed by atoms with E-state index in [1.165, 1.54) is 30.9 Å². The molecule has 1 aliphatic carbocycles. The molecule has 0 aliphatic heterocycles. The summed E-state index contributed by atoms with van der Waals surface area (Å²) >= 11 is 0. The number of ether oxygens (including phenoxy) is 1. The number of carbonyl (C=O) groups is 1. The molecule has 1 aromatic heterocycles. The van der Waals surface area contributed by atoms with Crippen molar-refractivity contribution in [1.29, 1.82) is 0 Å². The van der Waals surface area contributed by atoms with Crippen molar-refractivity contribution in [3.8, 4) is 0 Å². The summed E-state index contributed by atoms with van der Waals surface area (Å²) in [4.78, 5) is 11.5. The number of nitrogens with one attached hydrogen (secondary N) is 1. The van der Waals surface area contributed by atoms with E-state index in [-0.39, 0.29) is 16.8 Å². The van der Waals surface area contributed by atoms with E-state index in [4.69, 9.17) is 0 Å². The van der Waals surface area contributed by atoms with Crippen LogP contribution in [0.4, 0.5) is 0 Å². The molecule has 0 radical (unpaired) electrons. The summed E-state index contributed by atoms with van der Waals surface area (Å²) in [5.74, 6) is -0.551. The highest BCUT2D eigenvalue weighted by molar-refractivity contribution is 7.89. The van der Waals surface area contributed by atoms with Gasteiger partial charge >= 0.3 is 5.97 Å². The van der Waals surface area contributed by atoms with Crippen molar-refractivity contribution in [3.05, 3.63) is 17.8 Å². The topological polar surface area (TPSA) is 77.4 Å². The van der Waals surface area contributed by atoms with Gasteiger partial charge < -0.3 is 9.30 Å². The lowest BCUT2D eigenvalue weighted by Gasteiger charge is -2.13. The first-order valence-corrected chi connectivity index (χ1v) is 7.70. The fourth-order valence-electron chi connectivity index (χ4n) is 2.40. The molecule has 106 valence electrons. The van der Waals surface area contributed by atoms with Gasteiger partial charge in [0, 0.05) is 13.1 Å². The van der Waals surface area contributed by atoms with Crippen molar-refractivity contribution < 1.29 is 17.9 Å². The molecule has 1 aliphatic rings. The van der Waals surface area contributed by atoms with Crippen LogP contribution in [0.1, 0.15) is 36.2 Å². The van der Waals surface area contributed by atoms with Gasteiger partial charge in [-0.05, 0) is 25.0 Å². The number of carbonyl (C=O) groups excluding carboxylic acids is 1. The number of hydrogen-bond donors (Lipinski definition) is 1. The first kappa shape index (κ1) is 14.1. The second kappa shape index (κ2) is 5.34. The van der Waals surface area contributed by atoms with Crippen molar-refractivity contribution in [2.45, 2.75) is 36.8 Å². The van der Waals surface area contributed by atoms with E-state index in [0.29, 0.717) is 0 Å². The molecule has 1 heterocycles. The van der Waals surface area contributed by atoms with Crippen LogP contribution in [0.2, 0.25) is 0 Å². The van der Waals surface area contributed by atoms with Gasteiger partial charge in [-0.15, -0.1) is 0 Å². The Morgan fingerprint density at radius 1 is 1.37 bits per heavy atom. The fourth-order valence-corrected chi connectivity index (χ4v) is 3.90. The zero-order chi connectivity index (χ0) is 14.0. The van der Waals surface area contributed by atoms with Crippen molar-refractivity contribution in [1.82, 2.24) is 9.29 Å². The summed E-state index contributed by atoms with van der Waals surface area (Å²) in [6, 6.07) is 2.87. The smallest absolute Gasteiger partial charge is 0.354 e. The Balaban J connectivity index is 2.25. The minimum atomic E-state index is -3.59. The molecule has 7 heteroatoms. The van der Waals surface area contributed by atoms with Gasteiger partial charge in [-0.25, -0.2) is 17.9 Å². The molecule has 0 unspecified atom stereocenters. The lowest BCUT2D eigenvalue weighted by atomic mass is 10.3. The van der Waals surface area contributed by atoms with Gasteiger partial charge in [0.1, 0.15) is 5.69 Å². The molecule has 1 saturated carbocycles. The van der Waals surface area contributed by atoms with Crippen LogP contribution >= 0.6 is 0 Å². The Bertz CT molecular complexity index is 571. The van der Waals surface area contributed by atoms with E-state index < -0.39 is 16.0 Å². The maximum Gasteiger partial charge on any atom is 0.354 e. The quantitative estimate of drug-likeness (QED) is 0.839. The summed E-state index contributed by atoms with van der Waals surface area (Å²) < 4.78 is 33.1. The predicted molar refractivity (Wildman–Crippen MR) is 69.3 cm³/mol. The van der Waals surface area contributed by atoms with Crippen LogP contribution in [-0.4, -0.2) is 32.1 Å². The number of methoxy groups -OCH3 is 1. The third-order valence-electron chi connectivity index (χ3n) is 3.42. The van der Waals surface area contributed by atoms with E-state index in [1.807, 2.05) is 0 Å². The first-order chi connectivity index (χ1) is 8.95. The molecule has 6 nitrogen and oxygen atoms in total. The Labute approximate surface area is 112 Å². The van der Waals surface area contributed by atoms with E-state index in [9.17, 15) is 13.2 Å². The van der Waals surface area contributed by atoms with Gasteiger partial charge in [-0.2, -0.15) is 0 Å². The van der Waals surface area contributed by atoms with Crippen LogP contribution in [-0.2, 0) is 21.8 Å². The molecule has 2 rings (SSSR count). The average Bonchev–Trinajstić information content (AvgIpc) is 2.97.